The molecule has 66 valence electrons. The van der Waals surface area contributed by atoms with E-state index in [-0.39, 0.29) is 25.0 Å². The van der Waals surface area contributed by atoms with Crippen LogP contribution < -0.4 is 0 Å². The van der Waals surface area contributed by atoms with Crippen LogP contribution in [0.2, 0.25) is 0 Å². The number of carbonyl (C=O) groups excluding carboxylic acids is 1. The summed E-state index contributed by atoms with van der Waals surface area (Å²) in [5.41, 5.74) is 0. The number of hydrogen-bond donors (Lipinski definition) is 1. The molecule has 0 spiro atoms. The molecule has 0 aliphatic heterocycles. The van der Waals surface area contributed by atoms with Crippen molar-refractivity contribution >= 4 is 36.6 Å². The van der Waals surface area contributed by atoms with E-state index in [1.165, 1.54) is 0 Å². The first kappa shape index (κ1) is 13.7. The molecule has 0 radical (unpaired) electrons. The Morgan fingerprint density at radius 1 is 1.73 bits per heavy atom. The SMILES string of the molecule is C=CP(=O)(O)CCC(=O)Cl.Cl. The third kappa shape index (κ3) is 8.08. The van der Waals surface area contributed by atoms with Crippen LogP contribution in [0.5, 0.6) is 0 Å². The highest BCUT2D eigenvalue weighted by atomic mass is 35.5. The van der Waals surface area contributed by atoms with Crippen molar-refractivity contribution in [3.63, 3.8) is 0 Å². The maximum absolute atomic E-state index is 10.7. The van der Waals surface area contributed by atoms with Crippen LogP contribution in [0, 0.1) is 0 Å². The van der Waals surface area contributed by atoms with E-state index in [1.54, 1.807) is 0 Å². The van der Waals surface area contributed by atoms with Crippen LogP contribution in [-0.4, -0.2) is 16.3 Å². The van der Waals surface area contributed by atoms with E-state index in [4.69, 9.17) is 16.5 Å². The zero-order valence-corrected chi connectivity index (χ0v) is 8.16. The van der Waals surface area contributed by atoms with Crippen LogP contribution >= 0.6 is 31.4 Å². The van der Waals surface area contributed by atoms with Gasteiger partial charge in [-0.05, 0) is 17.4 Å². The van der Waals surface area contributed by atoms with Gasteiger partial charge >= 0.3 is 0 Å². The molecule has 0 fully saturated rings. The number of halogens is 2. The van der Waals surface area contributed by atoms with Crippen molar-refractivity contribution in [2.24, 2.45) is 0 Å². The smallest absolute Gasteiger partial charge is 0.222 e. The maximum Gasteiger partial charge on any atom is 0.222 e. The molecule has 0 aromatic heterocycles. The summed E-state index contributed by atoms with van der Waals surface area (Å²) in [4.78, 5) is 18.9. The summed E-state index contributed by atoms with van der Waals surface area (Å²) < 4.78 is 10.7. The minimum atomic E-state index is -3.27. The molecule has 6 heteroatoms. The van der Waals surface area contributed by atoms with E-state index >= 15 is 0 Å². The second kappa shape index (κ2) is 5.78. The van der Waals surface area contributed by atoms with Crippen molar-refractivity contribution in [2.75, 3.05) is 6.16 Å². The molecule has 0 bridgehead atoms. The summed E-state index contributed by atoms with van der Waals surface area (Å²) >= 11 is 4.94. The number of hydrogen-bond acceptors (Lipinski definition) is 2. The molecule has 0 saturated carbocycles. The Morgan fingerprint density at radius 3 is 2.45 bits per heavy atom. The zero-order chi connectivity index (χ0) is 8.20. The second-order valence-electron chi connectivity index (χ2n) is 1.77. The van der Waals surface area contributed by atoms with Gasteiger partial charge in [0.15, 0.2) is 0 Å². The molecule has 0 aromatic rings. The van der Waals surface area contributed by atoms with E-state index < -0.39 is 12.6 Å². The first-order chi connectivity index (χ1) is 4.48. The lowest BCUT2D eigenvalue weighted by molar-refractivity contribution is -0.111. The largest absolute Gasteiger partial charge is 0.341 e. The van der Waals surface area contributed by atoms with E-state index in [0.717, 1.165) is 5.82 Å². The molecule has 11 heavy (non-hydrogen) atoms. The molecule has 0 saturated heterocycles. The van der Waals surface area contributed by atoms with Crippen molar-refractivity contribution in [1.82, 2.24) is 0 Å². The van der Waals surface area contributed by atoms with Crippen molar-refractivity contribution in [3.8, 4) is 0 Å². The average Bonchev–Trinajstić information content (AvgIpc) is 1.85. The highest BCUT2D eigenvalue weighted by molar-refractivity contribution is 7.61. The molecule has 1 atom stereocenters. The molecule has 3 nitrogen and oxygen atoms in total. The summed E-state index contributed by atoms with van der Waals surface area (Å²) in [7, 11) is -3.27. The number of carbonyl (C=O) groups is 1. The van der Waals surface area contributed by atoms with Gasteiger partial charge < -0.3 is 4.89 Å². The van der Waals surface area contributed by atoms with Gasteiger partial charge in [0.05, 0.1) is 0 Å². The van der Waals surface area contributed by atoms with Gasteiger partial charge in [0.2, 0.25) is 12.6 Å². The Hall–Kier alpha value is 0.180. The maximum atomic E-state index is 10.7. The molecule has 0 aromatic carbocycles. The van der Waals surface area contributed by atoms with Gasteiger partial charge in [-0.2, -0.15) is 0 Å². The Bertz CT molecular complexity index is 192. The highest BCUT2D eigenvalue weighted by Crippen LogP contribution is 2.41. The lowest BCUT2D eigenvalue weighted by atomic mass is 10.6. The molecule has 1 N–H and O–H groups in total. The molecule has 1 unspecified atom stereocenters. The Kier molecular flexibility index (Phi) is 7.23. The molecular weight excluding hydrogens is 210 g/mol. The monoisotopic (exact) mass is 218 g/mol. The van der Waals surface area contributed by atoms with Gasteiger partial charge in [-0.1, -0.05) is 6.58 Å². The summed E-state index contributed by atoms with van der Waals surface area (Å²) in [5.74, 6) is 0.951. The summed E-state index contributed by atoms with van der Waals surface area (Å²) in [6.07, 6.45) is -0.194. The van der Waals surface area contributed by atoms with Gasteiger partial charge in [0.25, 0.3) is 0 Å². The van der Waals surface area contributed by atoms with Crippen molar-refractivity contribution in [1.29, 1.82) is 0 Å². The summed E-state index contributed by atoms with van der Waals surface area (Å²) in [5, 5.41) is -0.601. The van der Waals surface area contributed by atoms with Gasteiger partial charge in [0.1, 0.15) is 0 Å². The summed E-state index contributed by atoms with van der Waals surface area (Å²) in [6, 6.07) is 0. The van der Waals surface area contributed by atoms with Gasteiger partial charge in [0, 0.05) is 12.6 Å². The van der Waals surface area contributed by atoms with Crippen LogP contribution in [0.25, 0.3) is 0 Å². The minimum Gasteiger partial charge on any atom is -0.341 e. The molecule has 0 amide bonds. The van der Waals surface area contributed by atoms with Crippen LogP contribution in [0.3, 0.4) is 0 Å². The minimum absolute atomic E-state index is 0. The lowest BCUT2D eigenvalue weighted by Crippen LogP contribution is -1.92. The standard InChI is InChI=1S/C5H8ClO3P.ClH/c1-2-10(8,9)4-3-5(6)7;/h2H,1,3-4H2,(H,8,9);1H. The third-order valence-corrected chi connectivity index (χ3v) is 2.54. The molecule has 0 aliphatic carbocycles. The first-order valence-corrected chi connectivity index (χ1v) is 4.90. The van der Waals surface area contributed by atoms with E-state index in [9.17, 15) is 9.36 Å². The first-order valence-electron chi connectivity index (χ1n) is 2.61. The van der Waals surface area contributed by atoms with Crippen LogP contribution in [0.4, 0.5) is 0 Å². The van der Waals surface area contributed by atoms with E-state index in [2.05, 4.69) is 6.58 Å². The van der Waals surface area contributed by atoms with Gasteiger partial charge in [-0.15, -0.1) is 12.4 Å². The quantitative estimate of drug-likeness (QED) is 0.580. The van der Waals surface area contributed by atoms with Crippen molar-refractivity contribution in [3.05, 3.63) is 12.4 Å². The van der Waals surface area contributed by atoms with Crippen LogP contribution in [0.1, 0.15) is 6.42 Å². The average molecular weight is 219 g/mol. The van der Waals surface area contributed by atoms with Gasteiger partial charge in [-0.25, -0.2) is 0 Å². The van der Waals surface area contributed by atoms with Crippen LogP contribution in [0.15, 0.2) is 12.4 Å². The topological polar surface area (TPSA) is 54.4 Å². The van der Waals surface area contributed by atoms with Crippen molar-refractivity contribution in [2.45, 2.75) is 6.42 Å². The van der Waals surface area contributed by atoms with E-state index in [0.29, 0.717) is 0 Å². The molecular formula is C5H9Cl2O3P. The Labute approximate surface area is 76.3 Å². The van der Waals surface area contributed by atoms with Gasteiger partial charge in [-0.3, -0.25) is 9.36 Å². The molecule has 0 heterocycles. The Morgan fingerprint density at radius 2 is 2.18 bits per heavy atom. The lowest BCUT2D eigenvalue weighted by Gasteiger charge is -2.01. The van der Waals surface area contributed by atoms with Crippen LogP contribution in [-0.2, 0) is 9.36 Å². The highest BCUT2D eigenvalue weighted by Gasteiger charge is 2.13. The fourth-order valence-corrected chi connectivity index (χ4v) is 1.27. The second-order valence-corrected chi connectivity index (χ2v) is 4.51. The zero-order valence-electron chi connectivity index (χ0n) is 5.70. The third-order valence-electron chi connectivity index (χ3n) is 0.914. The fourth-order valence-electron chi connectivity index (χ4n) is 0.339. The fraction of sp³-hybridized carbons (Fsp3) is 0.400. The molecule has 0 aliphatic rings. The Balaban J connectivity index is 0. The normalized spacial score (nSPS) is 14.4. The van der Waals surface area contributed by atoms with E-state index in [1.807, 2.05) is 0 Å². The summed E-state index contributed by atoms with van der Waals surface area (Å²) in [6.45, 7) is 3.14. The molecule has 0 rings (SSSR count). The number of rotatable bonds is 4. The predicted molar refractivity (Wildman–Crippen MR) is 47.6 cm³/mol. The predicted octanol–water partition coefficient (Wildman–Crippen LogP) is 1.98. The van der Waals surface area contributed by atoms with Crippen molar-refractivity contribution < 1.29 is 14.3 Å².